The Morgan fingerprint density at radius 3 is 2.34 bits per heavy atom. The van der Waals surface area contributed by atoms with Gasteiger partial charge < -0.3 is 14.8 Å². The second-order valence-electron chi connectivity index (χ2n) is 6.07. The van der Waals surface area contributed by atoms with Crippen LogP contribution in [0, 0.1) is 10.1 Å². The SMILES string of the molecule is COc1ccc(NC(=O)[C@@H](C)N(c2cccc([N+](=O)[O-])c2)S(C)(=O)=O)cc1OC. The van der Waals surface area contributed by atoms with Gasteiger partial charge in [-0.1, -0.05) is 6.07 Å². The Balaban J connectivity index is 2.35. The average molecular weight is 423 g/mol. The summed E-state index contributed by atoms with van der Waals surface area (Å²) < 4.78 is 35.8. The summed E-state index contributed by atoms with van der Waals surface area (Å²) in [6, 6.07) is 8.58. The highest BCUT2D eigenvalue weighted by atomic mass is 32.2. The summed E-state index contributed by atoms with van der Waals surface area (Å²) in [4.78, 5) is 23.1. The number of hydrogen-bond acceptors (Lipinski definition) is 7. The van der Waals surface area contributed by atoms with E-state index in [1.807, 2.05) is 0 Å². The predicted octanol–water partition coefficient (Wildman–Crippen LogP) is 2.41. The highest BCUT2D eigenvalue weighted by Crippen LogP contribution is 2.30. The zero-order chi connectivity index (χ0) is 21.8. The monoisotopic (exact) mass is 423 g/mol. The van der Waals surface area contributed by atoms with Gasteiger partial charge in [-0.05, 0) is 25.1 Å². The van der Waals surface area contributed by atoms with E-state index in [1.165, 1.54) is 45.4 Å². The third-order valence-corrected chi connectivity index (χ3v) is 5.28. The van der Waals surface area contributed by atoms with E-state index in [9.17, 15) is 23.3 Å². The van der Waals surface area contributed by atoms with E-state index in [2.05, 4.69) is 5.32 Å². The Labute approximate surface area is 168 Å². The van der Waals surface area contributed by atoms with Crippen molar-refractivity contribution in [1.82, 2.24) is 0 Å². The smallest absolute Gasteiger partial charge is 0.271 e. The van der Waals surface area contributed by atoms with Crippen LogP contribution in [0.4, 0.5) is 17.1 Å². The van der Waals surface area contributed by atoms with Gasteiger partial charge in [0.2, 0.25) is 15.9 Å². The van der Waals surface area contributed by atoms with Gasteiger partial charge >= 0.3 is 0 Å². The standard InChI is InChI=1S/C18H21N3O7S/c1-12(18(22)19-13-8-9-16(27-2)17(10-13)28-3)20(29(4,25)26)14-6-5-7-15(11-14)21(23)24/h5-12H,1-4H3,(H,19,22)/t12-/m1/s1. The number of nitro benzene ring substituents is 1. The summed E-state index contributed by atoms with van der Waals surface area (Å²) in [5, 5.41) is 13.6. The van der Waals surface area contributed by atoms with Crippen molar-refractivity contribution < 1.29 is 27.6 Å². The first-order chi connectivity index (χ1) is 13.6. The van der Waals surface area contributed by atoms with E-state index >= 15 is 0 Å². The third kappa shape index (κ3) is 5.13. The second-order valence-corrected chi connectivity index (χ2v) is 7.93. The van der Waals surface area contributed by atoms with Gasteiger partial charge in [-0.3, -0.25) is 19.2 Å². The van der Waals surface area contributed by atoms with Crippen molar-refractivity contribution in [3.8, 4) is 11.5 Å². The molecule has 2 rings (SSSR count). The van der Waals surface area contributed by atoms with Gasteiger partial charge in [0.1, 0.15) is 6.04 Å². The second kappa shape index (κ2) is 8.78. The lowest BCUT2D eigenvalue weighted by atomic mass is 10.2. The lowest BCUT2D eigenvalue weighted by Gasteiger charge is -2.28. The number of methoxy groups -OCH3 is 2. The Kier molecular flexibility index (Phi) is 6.64. The summed E-state index contributed by atoms with van der Waals surface area (Å²) in [5.41, 5.74) is 0.0901. The van der Waals surface area contributed by atoms with Crippen LogP contribution in [-0.4, -0.2) is 45.8 Å². The Morgan fingerprint density at radius 1 is 1.14 bits per heavy atom. The van der Waals surface area contributed by atoms with Crippen molar-refractivity contribution in [1.29, 1.82) is 0 Å². The number of anilines is 2. The lowest BCUT2D eigenvalue weighted by Crippen LogP contribution is -2.45. The molecule has 1 atom stereocenters. The molecule has 0 bridgehead atoms. The fraction of sp³-hybridized carbons (Fsp3) is 0.278. The Hall–Kier alpha value is -3.34. The Bertz CT molecular complexity index is 1020. The van der Waals surface area contributed by atoms with E-state index < -0.39 is 26.9 Å². The molecule has 1 amide bonds. The molecule has 0 heterocycles. The molecule has 0 saturated heterocycles. The highest BCUT2D eigenvalue weighted by molar-refractivity contribution is 7.92. The number of nitrogens with zero attached hydrogens (tertiary/aromatic N) is 2. The summed E-state index contributed by atoms with van der Waals surface area (Å²) in [6.07, 6.45) is 0.923. The number of non-ortho nitro benzene ring substituents is 1. The normalized spacial score (nSPS) is 12.0. The molecule has 0 aromatic heterocycles. The number of carbonyl (C=O) groups excluding carboxylic acids is 1. The predicted molar refractivity (Wildman–Crippen MR) is 108 cm³/mol. The molecule has 0 aliphatic carbocycles. The minimum absolute atomic E-state index is 0.0108. The van der Waals surface area contributed by atoms with E-state index in [1.54, 1.807) is 12.1 Å². The molecule has 0 unspecified atom stereocenters. The first-order valence-electron chi connectivity index (χ1n) is 8.35. The number of carbonyl (C=O) groups is 1. The average Bonchev–Trinajstić information content (AvgIpc) is 2.66. The van der Waals surface area contributed by atoms with E-state index in [0.717, 1.165) is 16.6 Å². The number of rotatable bonds is 8. The molecule has 0 radical (unpaired) electrons. The van der Waals surface area contributed by atoms with Gasteiger partial charge in [0.15, 0.2) is 11.5 Å². The van der Waals surface area contributed by atoms with Crippen LogP contribution in [-0.2, 0) is 14.8 Å². The maximum absolute atomic E-state index is 12.7. The van der Waals surface area contributed by atoms with Crippen molar-refractivity contribution in [2.45, 2.75) is 13.0 Å². The molecule has 0 aliphatic rings. The summed E-state index contributed by atoms with van der Waals surface area (Å²) in [7, 11) is -0.998. The zero-order valence-electron chi connectivity index (χ0n) is 16.3. The first-order valence-corrected chi connectivity index (χ1v) is 10.2. The molecule has 1 N–H and O–H groups in total. The minimum atomic E-state index is -3.92. The maximum atomic E-state index is 12.7. The van der Waals surface area contributed by atoms with Gasteiger partial charge in [0.05, 0.1) is 31.1 Å². The van der Waals surface area contributed by atoms with Crippen LogP contribution in [0.1, 0.15) is 6.92 Å². The van der Waals surface area contributed by atoms with Crippen LogP contribution in [0.15, 0.2) is 42.5 Å². The molecule has 0 saturated carbocycles. The fourth-order valence-electron chi connectivity index (χ4n) is 2.71. The number of nitro groups is 1. The maximum Gasteiger partial charge on any atom is 0.271 e. The molecule has 10 nitrogen and oxygen atoms in total. The van der Waals surface area contributed by atoms with Crippen LogP contribution in [0.5, 0.6) is 11.5 Å². The first kappa shape index (κ1) is 22.0. The van der Waals surface area contributed by atoms with E-state index in [-0.39, 0.29) is 11.4 Å². The van der Waals surface area contributed by atoms with Crippen LogP contribution in [0.2, 0.25) is 0 Å². The molecule has 29 heavy (non-hydrogen) atoms. The molecule has 0 fully saturated rings. The molecule has 2 aromatic carbocycles. The van der Waals surface area contributed by atoms with E-state index in [4.69, 9.17) is 9.47 Å². The number of sulfonamides is 1. The number of hydrogen-bond donors (Lipinski definition) is 1. The third-order valence-electron chi connectivity index (χ3n) is 4.03. The van der Waals surface area contributed by atoms with Gasteiger partial charge in [0, 0.05) is 23.9 Å². The largest absolute Gasteiger partial charge is 0.493 e. The molecular formula is C18H21N3O7S. The molecule has 156 valence electrons. The summed E-state index contributed by atoms with van der Waals surface area (Å²) >= 11 is 0. The highest BCUT2D eigenvalue weighted by Gasteiger charge is 2.30. The van der Waals surface area contributed by atoms with Gasteiger partial charge in [-0.2, -0.15) is 0 Å². The van der Waals surface area contributed by atoms with Crippen molar-refractivity contribution in [3.63, 3.8) is 0 Å². The van der Waals surface area contributed by atoms with Crippen LogP contribution in [0.25, 0.3) is 0 Å². The number of ether oxygens (including phenoxy) is 2. The van der Waals surface area contributed by atoms with E-state index in [0.29, 0.717) is 17.2 Å². The number of nitrogens with one attached hydrogen (secondary N) is 1. The van der Waals surface area contributed by atoms with Gasteiger partial charge in [0.25, 0.3) is 5.69 Å². The molecular weight excluding hydrogens is 402 g/mol. The van der Waals surface area contributed by atoms with Crippen LogP contribution >= 0.6 is 0 Å². The van der Waals surface area contributed by atoms with Gasteiger partial charge in [-0.25, -0.2) is 8.42 Å². The fourth-order valence-corrected chi connectivity index (χ4v) is 3.88. The topological polar surface area (TPSA) is 128 Å². The lowest BCUT2D eigenvalue weighted by molar-refractivity contribution is -0.384. The van der Waals surface area contributed by atoms with Crippen LogP contribution < -0.4 is 19.1 Å². The number of benzene rings is 2. The quantitative estimate of drug-likeness (QED) is 0.510. The summed E-state index contributed by atoms with van der Waals surface area (Å²) in [6.45, 7) is 1.38. The van der Waals surface area contributed by atoms with Crippen molar-refractivity contribution in [3.05, 3.63) is 52.6 Å². The molecule has 0 aliphatic heterocycles. The van der Waals surface area contributed by atoms with Crippen molar-refractivity contribution in [2.24, 2.45) is 0 Å². The minimum Gasteiger partial charge on any atom is -0.493 e. The molecule has 0 spiro atoms. The van der Waals surface area contributed by atoms with Crippen LogP contribution in [0.3, 0.4) is 0 Å². The molecule has 2 aromatic rings. The summed E-state index contributed by atoms with van der Waals surface area (Å²) in [5.74, 6) is 0.221. The number of amides is 1. The van der Waals surface area contributed by atoms with Gasteiger partial charge in [-0.15, -0.1) is 0 Å². The Morgan fingerprint density at radius 2 is 1.79 bits per heavy atom. The van der Waals surface area contributed by atoms with Crippen molar-refractivity contribution >= 4 is 33.0 Å². The zero-order valence-corrected chi connectivity index (χ0v) is 17.1. The molecule has 11 heteroatoms. The van der Waals surface area contributed by atoms with Crippen molar-refractivity contribution in [2.75, 3.05) is 30.1 Å².